The number of hydrogen-bond donors (Lipinski definition) is 1. The summed E-state index contributed by atoms with van der Waals surface area (Å²) in [5.74, 6) is 0.663. The van der Waals surface area contributed by atoms with Crippen molar-refractivity contribution in [3.05, 3.63) is 69.2 Å². The van der Waals surface area contributed by atoms with Crippen LogP contribution in [0.1, 0.15) is 11.4 Å². The average molecular weight is 402 g/mol. The molecule has 146 valence electrons. The van der Waals surface area contributed by atoms with E-state index in [1.54, 1.807) is 35.0 Å². The van der Waals surface area contributed by atoms with Gasteiger partial charge in [0.1, 0.15) is 5.75 Å². The highest BCUT2D eigenvalue weighted by Gasteiger charge is 2.09. The molecule has 0 bridgehead atoms. The highest BCUT2D eigenvalue weighted by Crippen LogP contribution is 2.22. The second-order valence-electron chi connectivity index (χ2n) is 6.16. The summed E-state index contributed by atoms with van der Waals surface area (Å²) in [6.45, 7) is 4.09. The van der Waals surface area contributed by atoms with Gasteiger partial charge in [-0.15, -0.1) is 5.10 Å². The Balaban J connectivity index is 1.56. The smallest absolute Gasteiger partial charge is 0.266 e. The van der Waals surface area contributed by atoms with E-state index in [2.05, 4.69) is 15.5 Å². The Kier molecular flexibility index (Phi) is 6.10. The highest BCUT2D eigenvalue weighted by molar-refractivity contribution is 6.32. The maximum atomic E-state index is 12.0. The number of rotatable bonds is 7. The van der Waals surface area contributed by atoms with E-state index in [9.17, 15) is 9.59 Å². The van der Waals surface area contributed by atoms with Crippen LogP contribution in [0.5, 0.6) is 5.75 Å². The Morgan fingerprint density at radius 2 is 1.96 bits per heavy atom. The normalized spacial score (nSPS) is 10.7. The van der Waals surface area contributed by atoms with E-state index in [-0.39, 0.29) is 31.2 Å². The minimum Gasteiger partial charge on any atom is -0.482 e. The van der Waals surface area contributed by atoms with Gasteiger partial charge in [-0.2, -0.15) is 5.10 Å². The van der Waals surface area contributed by atoms with Crippen molar-refractivity contribution in [1.29, 1.82) is 0 Å². The van der Waals surface area contributed by atoms with Gasteiger partial charge in [-0.05, 0) is 38.1 Å². The minimum absolute atomic E-state index is 0.169. The van der Waals surface area contributed by atoms with E-state index in [0.29, 0.717) is 16.6 Å². The molecule has 2 heterocycles. The Morgan fingerprint density at radius 3 is 2.68 bits per heavy atom. The number of nitrogens with one attached hydrogen (secondary N) is 1. The van der Waals surface area contributed by atoms with E-state index in [1.165, 1.54) is 10.7 Å². The van der Waals surface area contributed by atoms with Gasteiger partial charge < -0.3 is 10.1 Å². The monoisotopic (exact) mass is 401 g/mol. The highest BCUT2D eigenvalue weighted by atomic mass is 35.5. The fraction of sp³-hybridized carbons (Fsp3) is 0.263. The third-order valence-corrected chi connectivity index (χ3v) is 4.23. The Bertz CT molecular complexity index is 1040. The molecule has 2 aromatic heterocycles. The summed E-state index contributed by atoms with van der Waals surface area (Å²) < 4.78 is 8.34. The number of aromatic nitrogens is 4. The van der Waals surface area contributed by atoms with Crippen molar-refractivity contribution in [2.75, 3.05) is 13.2 Å². The van der Waals surface area contributed by atoms with Gasteiger partial charge >= 0.3 is 0 Å². The number of hydrogen-bond acceptors (Lipinski definition) is 5. The third kappa shape index (κ3) is 4.77. The van der Waals surface area contributed by atoms with Crippen LogP contribution in [0.15, 0.2) is 47.3 Å². The van der Waals surface area contributed by atoms with Crippen molar-refractivity contribution in [2.24, 2.45) is 0 Å². The molecule has 0 unspecified atom stereocenters. The molecule has 0 atom stereocenters. The van der Waals surface area contributed by atoms with Crippen LogP contribution in [0.3, 0.4) is 0 Å². The lowest BCUT2D eigenvalue weighted by atomic mass is 10.3. The third-order valence-electron chi connectivity index (χ3n) is 3.92. The summed E-state index contributed by atoms with van der Waals surface area (Å²) in [4.78, 5) is 24.0. The Labute approximate surface area is 166 Å². The molecule has 0 aliphatic heterocycles. The second-order valence-corrected chi connectivity index (χ2v) is 6.57. The zero-order valence-corrected chi connectivity index (χ0v) is 16.3. The van der Waals surface area contributed by atoms with Gasteiger partial charge in [0, 0.05) is 18.3 Å². The molecule has 8 nitrogen and oxygen atoms in total. The summed E-state index contributed by atoms with van der Waals surface area (Å²) in [6, 6.07) is 11.9. The first-order chi connectivity index (χ1) is 13.4. The predicted molar refractivity (Wildman–Crippen MR) is 105 cm³/mol. The van der Waals surface area contributed by atoms with Crippen molar-refractivity contribution in [3.8, 4) is 11.6 Å². The number of para-hydroxylation sites is 1. The minimum atomic E-state index is -0.317. The number of benzene rings is 1. The van der Waals surface area contributed by atoms with Gasteiger partial charge in [0.05, 0.1) is 17.3 Å². The molecule has 0 saturated carbocycles. The fourth-order valence-corrected chi connectivity index (χ4v) is 2.82. The summed E-state index contributed by atoms with van der Waals surface area (Å²) in [7, 11) is 0. The molecular formula is C19H20ClN5O3. The molecule has 3 rings (SSSR count). The first-order valence-corrected chi connectivity index (χ1v) is 9.07. The van der Waals surface area contributed by atoms with Gasteiger partial charge in [-0.3, -0.25) is 9.59 Å². The standard InChI is InChI=1S/C19H20ClN5O3/c1-13-11-14(2)25(22-13)17-7-8-19(27)24(23-17)10-9-21-18(26)12-28-16-6-4-3-5-15(16)20/h3-8,11H,9-10,12H2,1-2H3,(H,21,26). The van der Waals surface area contributed by atoms with Crippen molar-refractivity contribution in [2.45, 2.75) is 20.4 Å². The van der Waals surface area contributed by atoms with Crippen molar-refractivity contribution in [3.63, 3.8) is 0 Å². The van der Waals surface area contributed by atoms with Crippen molar-refractivity contribution < 1.29 is 9.53 Å². The molecule has 3 aromatic rings. The molecule has 0 saturated heterocycles. The molecular weight excluding hydrogens is 382 g/mol. The molecule has 0 radical (unpaired) electrons. The number of aryl methyl sites for hydroxylation is 2. The van der Waals surface area contributed by atoms with E-state index in [4.69, 9.17) is 16.3 Å². The molecule has 0 spiro atoms. The van der Waals surface area contributed by atoms with Gasteiger partial charge in [-0.1, -0.05) is 23.7 Å². The molecule has 9 heteroatoms. The zero-order chi connectivity index (χ0) is 20.1. The Hall–Kier alpha value is -3.13. The largest absolute Gasteiger partial charge is 0.482 e. The number of nitrogens with zero attached hydrogens (tertiary/aromatic N) is 4. The predicted octanol–water partition coefficient (Wildman–Crippen LogP) is 1.89. The van der Waals surface area contributed by atoms with Gasteiger partial charge in [0.2, 0.25) is 0 Å². The summed E-state index contributed by atoms with van der Waals surface area (Å²) >= 11 is 5.98. The topological polar surface area (TPSA) is 91.0 Å². The van der Waals surface area contributed by atoms with E-state index in [0.717, 1.165) is 11.4 Å². The molecule has 0 aliphatic carbocycles. The van der Waals surface area contributed by atoms with Crippen LogP contribution in [0.25, 0.3) is 5.82 Å². The first kappa shape index (κ1) is 19.6. The van der Waals surface area contributed by atoms with Crippen LogP contribution in [0, 0.1) is 13.8 Å². The van der Waals surface area contributed by atoms with Gasteiger partial charge in [0.25, 0.3) is 11.5 Å². The van der Waals surface area contributed by atoms with Gasteiger partial charge in [-0.25, -0.2) is 9.36 Å². The number of amides is 1. The lowest BCUT2D eigenvalue weighted by Gasteiger charge is -2.10. The molecule has 1 N–H and O–H groups in total. The molecule has 28 heavy (non-hydrogen) atoms. The van der Waals surface area contributed by atoms with E-state index < -0.39 is 0 Å². The van der Waals surface area contributed by atoms with Crippen LogP contribution in [-0.2, 0) is 11.3 Å². The molecule has 0 aliphatic rings. The van der Waals surface area contributed by atoms with E-state index >= 15 is 0 Å². The van der Waals surface area contributed by atoms with Crippen LogP contribution in [0.4, 0.5) is 0 Å². The van der Waals surface area contributed by atoms with Crippen LogP contribution >= 0.6 is 11.6 Å². The lowest BCUT2D eigenvalue weighted by molar-refractivity contribution is -0.123. The van der Waals surface area contributed by atoms with Gasteiger partial charge in [0.15, 0.2) is 12.4 Å². The van der Waals surface area contributed by atoms with Crippen molar-refractivity contribution in [1.82, 2.24) is 24.9 Å². The van der Waals surface area contributed by atoms with Crippen molar-refractivity contribution >= 4 is 17.5 Å². The summed E-state index contributed by atoms with van der Waals surface area (Å²) in [6.07, 6.45) is 0. The maximum Gasteiger partial charge on any atom is 0.266 e. The molecule has 1 amide bonds. The number of carbonyl (C=O) groups excluding carboxylic acids is 1. The summed E-state index contributed by atoms with van der Waals surface area (Å²) in [5, 5.41) is 11.8. The second kappa shape index (κ2) is 8.71. The number of ether oxygens (including phenoxy) is 1. The summed E-state index contributed by atoms with van der Waals surface area (Å²) in [5.41, 5.74) is 1.52. The maximum absolute atomic E-state index is 12.0. The van der Waals surface area contributed by atoms with Crippen LogP contribution in [-0.4, -0.2) is 38.6 Å². The molecule has 1 aromatic carbocycles. The number of halogens is 1. The average Bonchev–Trinajstić information content (AvgIpc) is 3.01. The first-order valence-electron chi connectivity index (χ1n) is 8.70. The Morgan fingerprint density at radius 1 is 1.18 bits per heavy atom. The van der Waals surface area contributed by atoms with Crippen LogP contribution < -0.4 is 15.6 Å². The molecule has 0 fully saturated rings. The van der Waals surface area contributed by atoms with E-state index in [1.807, 2.05) is 19.9 Å². The zero-order valence-electron chi connectivity index (χ0n) is 15.6. The lowest BCUT2D eigenvalue weighted by Crippen LogP contribution is -2.34. The SMILES string of the molecule is Cc1cc(C)n(-c2ccc(=O)n(CCNC(=O)COc3ccccc3Cl)n2)n1. The number of carbonyl (C=O) groups is 1. The fourth-order valence-electron chi connectivity index (χ4n) is 2.63. The van der Waals surface area contributed by atoms with Crippen LogP contribution in [0.2, 0.25) is 5.02 Å². The quantitative estimate of drug-likeness (QED) is 0.652.